The number of halogens is 1. The molecule has 0 radical (unpaired) electrons. The lowest BCUT2D eigenvalue weighted by Gasteiger charge is -1.98. The van der Waals surface area contributed by atoms with E-state index < -0.39 is 10.8 Å². The number of rotatable bonds is 7. The highest BCUT2D eigenvalue weighted by Gasteiger charge is 2.07. The molecule has 0 aliphatic rings. The molecule has 0 aliphatic heterocycles. The van der Waals surface area contributed by atoms with Crippen molar-refractivity contribution < 1.29 is 4.21 Å². The van der Waals surface area contributed by atoms with Crippen LogP contribution in [0.3, 0.4) is 0 Å². The number of nitrogens with zero attached hydrogens (tertiary/aromatic N) is 1. The molecule has 0 aliphatic carbocycles. The fraction of sp³-hybridized carbons (Fsp3) is 0.357. The minimum Gasteiger partial charge on any atom is -0.259 e. The van der Waals surface area contributed by atoms with Crippen LogP contribution in [0.25, 0.3) is 10.6 Å². The highest BCUT2D eigenvalue weighted by Crippen LogP contribution is 2.25. The summed E-state index contributed by atoms with van der Waals surface area (Å²) >= 11 is 7.23. The molecule has 0 saturated heterocycles. The Balaban J connectivity index is 1.93. The van der Waals surface area contributed by atoms with Gasteiger partial charge in [-0.25, -0.2) is 4.98 Å². The van der Waals surface area contributed by atoms with E-state index in [0.717, 1.165) is 34.0 Å². The van der Waals surface area contributed by atoms with Crippen LogP contribution < -0.4 is 0 Å². The third-order valence-corrected chi connectivity index (χ3v) is 5.51. The third kappa shape index (κ3) is 4.71. The van der Waals surface area contributed by atoms with Crippen molar-refractivity contribution in [3.63, 3.8) is 0 Å². The first-order valence-electron chi connectivity index (χ1n) is 6.20. The number of thiazole rings is 1. The predicted octanol–water partition coefficient (Wildman–Crippen LogP) is 4.08. The Morgan fingerprint density at radius 2 is 2.00 bits per heavy atom. The normalized spacial score (nSPS) is 12.5. The molecule has 1 aromatic carbocycles. The average molecular weight is 314 g/mol. The molecule has 1 atom stereocenters. The molecule has 2 nitrogen and oxygen atoms in total. The van der Waals surface area contributed by atoms with Crippen molar-refractivity contribution in [1.29, 1.82) is 0 Å². The van der Waals surface area contributed by atoms with E-state index in [4.69, 9.17) is 11.6 Å². The Hall–Kier alpha value is -0.710. The van der Waals surface area contributed by atoms with Crippen LogP contribution >= 0.6 is 22.9 Å². The molecule has 0 N–H and O–H groups in total. The SMILES string of the molecule is O=S(CCCCCl)Cc1cnc(-c2ccccc2)s1. The lowest BCUT2D eigenvalue weighted by atomic mass is 10.2. The number of aromatic nitrogens is 1. The molecule has 0 fully saturated rings. The van der Waals surface area contributed by atoms with Gasteiger partial charge in [-0.1, -0.05) is 30.3 Å². The monoisotopic (exact) mass is 313 g/mol. The zero-order valence-electron chi connectivity index (χ0n) is 10.5. The van der Waals surface area contributed by atoms with Gasteiger partial charge in [-0.15, -0.1) is 22.9 Å². The Morgan fingerprint density at radius 1 is 1.21 bits per heavy atom. The van der Waals surface area contributed by atoms with E-state index in [-0.39, 0.29) is 0 Å². The molecule has 0 amide bonds. The van der Waals surface area contributed by atoms with E-state index in [1.807, 2.05) is 36.5 Å². The Kier molecular flexibility index (Phi) is 6.01. The smallest absolute Gasteiger partial charge is 0.123 e. The number of alkyl halides is 1. The highest BCUT2D eigenvalue weighted by molar-refractivity contribution is 7.84. The zero-order valence-corrected chi connectivity index (χ0v) is 12.9. The van der Waals surface area contributed by atoms with Crippen molar-refractivity contribution >= 4 is 33.7 Å². The van der Waals surface area contributed by atoms with E-state index in [2.05, 4.69) is 4.98 Å². The lowest BCUT2D eigenvalue weighted by Crippen LogP contribution is -2.00. The summed E-state index contributed by atoms with van der Waals surface area (Å²) in [5.41, 5.74) is 1.12. The Morgan fingerprint density at radius 3 is 2.74 bits per heavy atom. The third-order valence-electron chi connectivity index (χ3n) is 2.63. The molecule has 102 valence electrons. The molecule has 0 bridgehead atoms. The van der Waals surface area contributed by atoms with Crippen LogP contribution in [0.4, 0.5) is 0 Å². The van der Waals surface area contributed by atoms with Crippen molar-refractivity contribution in [3.05, 3.63) is 41.4 Å². The van der Waals surface area contributed by atoms with Gasteiger partial charge < -0.3 is 0 Å². The van der Waals surface area contributed by atoms with Gasteiger partial charge in [-0.05, 0) is 12.8 Å². The largest absolute Gasteiger partial charge is 0.259 e. The minimum atomic E-state index is -0.804. The summed E-state index contributed by atoms with van der Waals surface area (Å²) in [5, 5.41) is 0.994. The van der Waals surface area contributed by atoms with Crippen molar-refractivity contribution in [2.45, 2.75) is 18.6 Å². The van der Waals surface area contributed by atoms with Crippen LogP contribution in [0, 0.1) is 0 Å². The molecule has 2 aromatic rings. The van der Waals surface area contributed by atoms with Crippen molar-refractivity contribution in [2.24, 2.45) is 0 Å². The highest BCUT2D eigenvalue weighted by atomic mass is 35.5. The second kappa shape index (κ2) is 7.78. The van der Waals surface area contributed by atoms with Crippen molar-refractivity contribution in [2.75, 3.05) is 11.6 Å². The summed E-state index contributed by atoms with van der Waals surface area (Å²) in [5.74, 6) is 1.98. The van der Waals surface area contributed by atoms with Crippen LogP contribution in [-0.4, -0.2) is 20.8 Å². The van der Waals surface area contributed by atoms with Crippen LogP contribution in [-0.2, 0) is 16.6 Å². The van der Waals surface area contributed by atoms with Gasteiger partial charge in [0.2, 0.25) is 0 Å². The maximum absolute atomic E-state index is 11.9. The number of hydrogen-bond donors (Lipinski definition) is 0. The fourth-order valence-electron chi connectivity index (χ4n) is 1.68. The molecule has 19 heavy (non-hydrogen) atoms. The average Bonchev–Trinajstić information content (AvgIpc) is 2.88. The van der Waals surface area contributed by atoms with Gasteiger partial charge in [-0.3, -0.25) is 4.21 Å². The zero-order chi connectivity index (χ0) is 13.5. The topological polar surface area (TPSA) is 30.0 Å². The van der Waals surface area contributed by atoms with E-state index in [1.54, 1.807) is 11.3 Å². The van der Waals surface area contributed by atoms with Crippen LogP contribution in [0.1, 0.15) is 17.7 Å². The van der Waals surface area contributed by atoms with Gasteiger partial charge in [0, 0.05) is 39.1 Å². The van der Waals surface area contributed by atoms with Crippen LogP contribution in [0.2, 0.25) is 0 Å². The molecule has 2 rings (SSSR count). The quantitative estimate of drug-likeness (QED) is 0.569. The van der Waals surface area contributed by atoms with Crippen molar-refractivity contribution in [3.8, 4) is 10.6 Å². The predicted molar refractivity (Wildman–Crippen MR) is 84.2 cm³/mol. The van der Waals surface area contributed by atoms with E-state index in [1.165, 1.54) is 0 Å². The first kappa shape index (κ1) is 14.7. The summed E-state index contributed by atoms with van der Waals surface area (Å²) in [6, 6.07) is 10.1. The molecule has 5 heteroatoms. The standard InChI is InChI=1S/C14H16ClNOS2/c15-8-4-5-9-19(17)11-13-10-16-14(18-13)12-6-2-1-3-7-12/h1-3,6-7,10H,4-5,8-9,11H2. The first-order chi connectivity index (χ1) is 9.29. The lowest BCUT2D eigenvalue weighted by molar-refractivity contribution is 0.679. The molecular weight excluding hydrogens is 298 g/mol. The first-order valence-corrected chi connectivity index (χ1v) is 9.04. The molecule has 1 aromatic heterocycles. The van der Waals surface area contributed by atoms with Gasteiger partial charge in [0.05, 0.1) is 5.75 Å². The van der Waals surface area contributed by atoms with Crippen LogP contribution in [0.15, 0.2) is 36.5 Å². The van der Waals surface area contributed by atoms with E-state index >= 15 is 0 Å². The Bertz CT molecular complexity index is 527. The second-order valence-electron chi connectivity index (χ2n) is 4.18. The molecule has 0 spiro atoms. The maximum atomic E-state index is 11.9. The summed E-state index contributed by atoms with van der Waals surface area (Å²) < 4.78 is 11.9. The Labute approximate surface area is 125 Å². The number of benzene rings is 1. The molecule has 0 saturated carbocycles. The van der Waals surface area contributed by atoms with Crippen molar-refractivity contribution in [1.82, 2.24) is 4.98 Å². The number of hydrogen-bond acceptors (Lipinski definition) is 3. The molecular formula is C14H16ClNOS2. The maximum Gasteiger partial charge on any atom is 0.123 e. The fourth-order valence-corrected chi connectivity index (χ4v) is 4.27. The van der Waals surface area contributed by atoms with Gasteiger partial charge >= 0.3 is 0 Å². The summed E-state index contributed by atoms with van der Waals surface area (Å²) in [7, 11) is -0.804. The van der Waals surface area contributed by atoms with Gasteiger partial charge in [-0.2, -0.15) is 0 Å². The van der Waals surface area contributed by atoms with Crippen LogP contribution in [0.5, 0.6) is 0 Å². The summed E-state index contributed by atoms with van der Waals surface area (Å²) in [6.45, 7) is 0. The summed E-state index contributed by atoms with van der Waals surface area (Å²) in [6.07, 6.45) is 3.71. The van der Waals surface area contributed by atoms with Gasteiger partial charge in [0.15, 0.2) is 0 Å². The summed E-state index contributed by atoms with van der Waals surface area (Å²) in [4.78, 5) is 5.49. The van der Waals surface area contributed by atoms with E-state index in [9.17, 15) is 4.21 Å². The molecule has 1 unspecified atom stereocenters. The number of unbranched alkanes of at least 4 members (excludes halogenated alkanes) is 1. The molecule has 1 heterocycles. The van der Waals surface area contributed by atoms with Gasteiger partial charge in [0.25, 0.3) is 0 Å². The van der Waals surface area contributed by atoms with E-state index in [0.29, 0.717) is 11.6 Å². The minimum absolute atomic E-state index is 0.604. The second-order valence-corrected chi connectivity index (χ2v) is 7.25. The van der Waals surface area contributed by atoms with Gasteiger partial charge in [0.1, 0.15) is 5.01 Å².